The zero-order chi connectivity index (χ0) is 21.0. The minimum absolute atomic E-state index is 0.151. The van der Waals surface area contributed by atoms with Crippen LogP contribution >= 0.6 is 0 Å². The summed E-state index contributed by atoms with van der Waals surface area (Å²) in [5.41, 5.74) is 1.56. The van der Waals surface area contributed by atoms with Crippen molar-refractivity contribution in [2.24, 2.45) is 0 Å². The molecule has 0 aliphatic rings. The van der Waals surface area contributed by atoms with Crippen LogP contribution in [0.1, 0.15) is 45.3 Å². The maximum atomic E-state index is 12.8. The molecule has 0 unspecified atom stereocenters. The fourth-order valence-electron chi connectivity index (χ4n) is 3.01. The van der Waals surface area contributed by atoms with E-state index in [2.05, 4.69) is 15.0 Å². The Bertz CT molecular complexity index is 1050. The van der Waals surface area contributed by atoms with Crippen LogP contribution in [-0.4, -0.2) is 52.3 Å². The lowest BCUT2D eigenvalue weighted by molar-refractivity contribution is 0.0600. The van der Waals surface area contributed by atoms with E-state index in [1.807, 2.05) is 13.8 Å². The molecule has 1 aromatic carbocycles. The largest absolute Gasteiger partial charge is 0.465 e. The van der Waals surface area contributed by atoms with Gasteiger partial charge in [0.1, 0.15) is 0 Å². The zero-order valence-electron chi connectivity index (χ0n) is 16.5. The normalized spacial score (nSPS) is 10.6. The maximum Gasteiger partial charge on any atom is 0.337 e. The van der Waals surface area contributed by atoms with Crippen molar-refractivity contribution in [1.29, 1.82) is 0 Å². The number of nitrogens with zero attached hydrogens (tertiary/aromatic N) is 3. The van der Waals surface area contributed by atoms with Crippen LogP contribution in [-0.2, 0) is 4.74 Å². The number of fused-ring (bicyclic) bond motifs is 1. The van der Waals surface area contributed by atoms with Crippen molar-refractivity contribution in [3.63, 3.8) is 0 Å². The van der Waals surface area contributed by atoms with E-state index in [0.717, 1.165) is 0 Å². The van der Waals surface area contributed by atoms with Crippen LogP contribution in [0.25, 0.3) is 5.52 Å². The Balaban J connectivity index is 1.92. The smallest absolute Gasteiger partial charge is 0.337 e. The molecule has 2 heterocycles. The first-order chi connectivity index (χ1) is 14.0. The van der Waals surface area contributed by atoms with Crippen molar-refractivity contribution in [2.75, 3.05) is 25.5 Å². The molecule has 8 heteroatoms. The van der Waals surface area contributed by atoms with Crippen molar-refractivity contribution in [3.05, 3.63) is 65.7 Å². The summed E-state index contributed by atoms with van der Waals surface area (Å²) in [5, 5.41) is 2.75. The topological polar surface area (TPSA) is 93.0 Å². The van der Waals surface area contributed by atoms with Gasteiger partial charge < -0.3 is 15.0 Å². The highest BCUT2D eigenvalue weighted by Crippen LogP contribution is 2.18. The Labute approximate surface area is 168 Å². The van der Waals surface area contributed by atoms with Crippen LogP contribution in [0.5, 0.6) is 0 Å². The number of carbonyl (C=O) groups is 3. The Kier molecular flexibility index (Phi) is 5.92. The minimum Gasteiger partial charge on any atom is -0.465 e. The first-order valence-corrected chi connectivity index (χ1v) is 9.26. The molecule has 8 nitrogen and oxygen atoms in total. The number of rotatable bonds is 6. The molecule has 2 aromatic heterocycles. The van der Waals surface area contributed by atoms with Gasteiger partial charge in [-0.15, -0.1) is 0 Å². The summed E-state index contributed by atoms with van der Waals surface area (Å²) < 4.78 is 6.28. The zero-order valence-corrected chi connectivity index (χ0v) is 16.5. The monoisotopic (exact) mass is 394 g/mol. The van der Waals surface area contributed by atoms with Gasteiger partial charge in [0.15, 0.2) is 5.69 Å². The molecule has 3 rings (SSSR count). The Morgan fingerprint density at radius 3 is 2.38 bits per heavy atom. The third-order valence-corrected chi connectivity index (χ3v) is 4.57. The van der Waals surface area contributed by atoms with Gasteiger partial charge in [-0.1, -0.05) is 6.07 Å². The first-order valence-electron chi connectivity index (χ1n) is 9.26. The number of imidazole rings is 1. The van der Waals surface area contributed by atoms with Crippen LogP contribution in [0.2, 0.25) is 0 Å². The molecule has 0 saturated carbocycles. The summed E-state index contributed by atoms with van der Waals surface area (Å²) in [5.74, 6) is -0.950. The SMILES string of the molecule is CCN(CC)C(=O)c1nc(C(=O)Nc2ccc(C(=O)OC)cc2)c2ccccn12. The molecule has 0 spiro atoms. The Hall–Kier alpha value is -3.68. The molecule has 2 amide bonds. The van der Waals surface area contributed by atoms with Crippen LogP contribution in [0.4, 0.5) is 5.69 Å². The van der Waals surface area contributed by atoms with Crippen LogP contribution < -0.4 is 5.32 Å². The third-order valence-electron chi connectivity index (χ3n) is 4.57. The number of anilines is 1. The standard InChI is InChI=1S/C21H22N4O4/c1-4-24(5-2)20(27)18-23-17(16-8-6-7-13-25(16)18)19(26)22-15-11-9-14(10-12-15)21(28)29-3/h6-13H,4-5H2,1-3H3,(H,22,26). The van der Waals surface area contributed by atoms with Gasteiger partial charge in [-0.25, -0.2) is 9.78 Å². The molecular formula is C21H22N4O4. The number of hydrogen-bond acceptors (Lipinski definition) is 5. The lowest BCUT2D eigenvalue weighted by Crippen LogP contribution is -2.32. The molecule has 29 heavy (non-hydrogen) atoms. The van der Waals surface area contributed by atoms with E-state index in [9.17, 15) is 14.4 Å². The van der Waals surface area contributed by atoms with E-state index < -0.39 is 11.9 Å². The van der Waals surface area contributed by atoms with E-state index in [1.54, 1.807) is 58.0 Å². The molecule has 0 bridgehead atoms. The first kappa shape index (κ1) is 20.1. The fourth-order valence-corrected chi connectivity index (χ4v) is 3.01. The summed E-state index contributed by atoms with van der Waals surface area (Å²) in [6, 6.07) is 11.6. The number of esters is 1. The van der Waals surface area contributed by atoms with Gasteiger partial charge >= 0.3 is 5.97 Å². The second-order valence-corrected chi connectivity index (χ2v) is 6.24. The van der Waals surface area contributed by atoms with E-state index in [1.165, 1.54) is 7.11 Å². The second kappa shape index (κ2) is 8.55. The van der Waals surface area contributed by atoms with Crippen LogP contribution in [0.3, 0.4) is 0 Å². The van der Waals surface area contributed by atoms with Crippen LogP contribution in [0.15, 0.2) is 48.7 Å². The van der Waals surface area contributed by atoms with Gasteiger partial charge in [0.25, 0.3) is 11.8 Å². The highest BCUT2D eigenvalue weighted by molar-refractivity contribution is 6.09. The van der Waals surface area contributed by atoms with Gasteiger partial charge in [-0.3, -0.25) is 14.0 Å². The van der Waals surface area contributed by atoms with Crippen molar-refractivity contribution >= 4 is 29.0 Å². The number of aromatic nitrogens is 2. The van der Waals surface area contributed by atoms with Gasteiger partial charge in [0.2, 0.25) is 5.82 Å². The summed E-state index contributed by atoms with van der Waals surface area (Å²) in [6.45, 7) is 4.88. The van der Waals surface area contributed by atoms with Gasteiger partial charge in [0.05, 0.1) is 18.2 Å². The third kappa shape index (κ3) is 3.96. The molecule has 0 saturated heterocycles. The average molecular weight is 394 g/mol. The fraction of sp³-hybridized carbons (Fsp3) is 0.238. The summed E-state index contributed by atoms with van der Waals surface area (Å²) in [6.07, 6.45) is 1.71. The maximum absolute atomic E-state index is 12.8. The molecule has 3 aromatic rings. The highest BCUT2D eigenvalue weighted by Gasteiger charge is 2.24. The molecule has 0 radical (unpaired) electrons. The predicted molar refractivity (Wildman–Crippen MR) is 108 cm³/mol. The number of ether oxygens (including phenoxy) is 1. The quantitative estimate of drug-likeness (QED) is 0.649. The van der Waals surface area contributed by atoms with Crippen molar-refractivity contribution in [1.82, 2.24) is 14.3 Å². The van der Waals surface area contributed by atoms with Crippen molar-refractivity contribution < 1.29 is 19.1 Å². The molecule has 150 valence electrons. The molecule has 0 fully saturated rings. The number of carbonyl (C=O) groups excluding carboxylic acids is 3. The van der Waals surface area contributed by atoms with E-state index in [4.69, 9.17) is 0 Å². The summed E-state index contributed by atoms with van der Waals surface area (Å²) in [4.78, 5) is 43.2. The number of hydrogen-bond donors (Lipinski definition) is 1. The van der Waals surface area contributed by atoms with Gasteiger partial charge in [0, 0.05) is 25.0 Å². The molecule has 0 atom stereocenters. The van der Waals surface area contributed by atoms with E-state index >= 15 is 0 Å². The average Bonchev–Trinajstić information content (AvgIpc) is 3.14. The lowest BCUT2D eigenvalue weighted by Gasteiger charge is -2.17. The number of benzene rings is 1. The minimum atomic E-state index is -0.456. The van der Waals surface area contributed by atoms with Crippen LogP contribution in [0, 0.1) is 0 Å². The van der Waals surface area contributed by atoms with Crippen molar-refractivity contribution in [2.45, 2.75) is 13.8 Å². The second-order valence-electron chi connectivity index (χ2n) is 6.24. The van der Waals surface area contributed by atoms with Gasteiger partial charge in [-0.05, 0) is 50.2 Å². The molecular weight excluding hydrogens is 372 g/mol. The molecule has 0 aliphatic heterocycles. The molecule has 1 N–H and O–H groups in total. The number of nitrogens with one attached hydrogen (secondary N) is 1. The molecule has 0 aliphatic carbocycles. The van der Waals surface area contributed by atoms with E-state index in [-0.39, 0.29) is 17.4 Å². The lowest BCUT2D eigenvalue weighted by atomic mass is 10.2. The summed E-state index contributed by atoms with van der Waals surface area (Å²) >= 11 is 0. The van der Waals surface area contributed by atoms with Crippen molar-refractivity contribution in [3.8, 4) is 0 Å². The predicted octanol–water partition coefficient (Wildman–Crippen LogP) is 2.86. The number of pyridine rings is 1. The number of methoxy groups -OCH3 is 1. The Morgan fingerprint density at radius 1 is 1.07 bits per heavy atom. The number of amides is 2. The highest BCUT2D eigenvalue weighted by atomic mass is 16.5. The van der Waals surface area contributed by atoms with E-state index in [0.29, 0.717) is 29.9 Å². The summed E-state index contributed by atoms with van der Waals surface area (Å²) in [7, 11) is 1.30. The Morgan fingerprint density at radius 2 is 1.76 bits per heavy atom. The van der Waals surface area contributed by atoms with Gasteiger partial charge in [-0.2, -0.15) is 0 Å².